The van der Waals surface area contributed by atoms with E-state index in [-0.39, 0.29) is 30.5 Å². The normalized spacial score (nSPS) is 14.8. The number of amides is 2. The summed E-state index contributed by atoms with van der Waals surface area (Å²) in [5, 5.41) is 2.54. The number of halogens is 3. The molecule has 0 bridgehead atoms. The fraction of sp³-hybridized carbons (Fsp3) is 0.412. The smallest absolute Gasteiger partial charge is 0.344 e. The molecule has 2 amide bonds. The summed E-state index contributed by atoms with van der Waals surface area (Å²) >= 11 is 0. The van der Waals surface area contributed by atoms with Crippen molar-refractivity contribution in [1.82, 2.24) is 10.2 Å². The number of nitrogens with zero attached hydrogens (tertiary/aromatic N) is 1. The van der Waals surface area contributed by atoms with Crippen LogP contribution in [0.25, 0.3) is 0 Å². The molecule has 0 unspecified atom stereocenters. The number of rotatable bonds is 3. The van der Waals surface area contributed by atoms with Gasteiger partial charge in [-0.3, -0.25) is 9.59 Å². The Balaban J connectivity index is 1.83. The highest BCUT2D eigenvalue weighted by atomic mass is 19.4. The molecular weight excluding hydrogens is 321 g/mol. The summed E-state index contributed by atoms with van der Waals surface area (Å²) in [6.45, 7) is 0.573. The van der Waals surface area contributed by atoms with E-state index < -0.39 is 11.7 Å². The first-order valence-electron chi connectivity index (χ1n) is 7.57. The Morgan fingerprint density at radius 2 is 2.08 bits per heavy atom. The first kappa shape index (κ1) is 17.9. The molecule has 2 rings (SSSR count). The maximum Gasteiger partial charge on any atom is 0.416 e. The molecule has 1 N–H and O–H groups in total. The molecular formula is C17H17F3N2O2. The summed E-state index contributed by atoms with van der Waals surface area (Å²) in [6.07, 6.45) is -2.22. The molecule has 1 aromatic rings. The molecule has 1 saturated heterocycles. The summed E-state index contributed by atoms with van der Waals surface area (Å²) in [6, 6.07) is 4.69. The summed E-state index contributed by atoms with van der Waals surface area (Å²) in [4.78, 5) is 24.8. The second-order valence-corrected chi connectivity index (χ2v) is 5.43. The van der Waals surface area contributed by atoms with Gasteiger partial charge < -0.3 is 10.2 Å². The van der Waals surface area contributed by atoms with Crippen molar-refractivity contribution in [3.63, 3.8) is 0 Å². The second-order valence-electron chi connectivity index (χ2n) is 5.43. The van der Waals surface area contributed by atoms with Crippen molar-refractivity contribution in [2.75, 3.05) is 19.6 Å². The van der Waals surface area contributed by atoms with Gasteiger partial charge in [0.1, 0.15) is 0 Å². The van der Waals surface area contributed by atoms with Crippen molar-refractivity contribution in [2.24, 2.45) is 0 Å². The van der Waals surface area contributed by atoms with Crippen LogP contribution >= 0.6 is 0 Å². The third-order valence-electron chi connectivity index (χ3n) is 3.55. The zero-order valence-corrected chi connectivity index (χ0v) is 12.9. The summed E-state index contributed by atoms with van der Waals surface area (Å²) in [5.41, 5.74) is -0.535. The van der Waals surface area contributed by atoms with Crippen LogP contribution in [0.4, 0.5) is 13.2 Å². The Morgan fingerprint density at radius 1 is 1.29 bits per heavy atom. The van der Waals surface area contributed by atoms with Crippen molar-refractivity contribution in [3.05, 3.63) is 35.4 Å². The number of hydrogen-bond acceptors (Lipinski definition) is 2. The average Bonchev–Trinajstić information content (AvgIpc) is 2.53. The van der Waals surface area contributed by atoms with Crippen LogP contribution in [-0.2, 0) is 15.8 Å². The van der Waals surface area contributed by atoms with E-state index in [0.717, 1.165) is 25.0 Å². The fourth-order valence-electron chi connectivity index (χ4n) is 2.32. The molecule has 0 spiro atoms. The Labute approximate surface area is 138 Å². The van der Waals surface area contributed by atoms with Crippen LogP contribution in [0, 0.1) is 11.8 Å². The molecule has 0 aromatic heterocycles. The maximum absolute atomic E-state index is 12.6. The van der Waals surface area contributed by atoms with Gasteiger partial charge in [0.05, 0.1) is 18.7 Å². The molecule has 128 valence electrons. The van der Waals surface area contributed by atoms with Gasteiger partial charge in [-0.05, 0) is 31.0 Å². The van der Waals surface area contributed by atoms with E-state index in [1.807, 2.05) is 0 Å². The highest BCUT2D eigenvalue weighted by Crippen LogP contribution is 2.29. The van der Waals surface area contributed by atoms with Crippen molar-refractivity contribution in [3.8, 4) is 11.8 Å². The van der Waals surface area contributed by atoms with Gasteiger partial charge in [-0.15, -0.1) is 0 Å². The van der Waals surface area contributed by atoms with E-state index in [2.05, 4.69) is 17.2 Å². The summed E-state index contributed by atoms with van der Waals surface area (Å²) in [7, 11) is 0. The third-order valence-corrected chi connectivity index (χ3v) is 3.55. The Bertz CT molecular complexity index is 674. The molecule has 1 aliphatic heterocycles. The van der Waals surface area contributed by atoms with Crippen molar-refractivity contribution in [2.45, 2.75) is 25.4 Å². The first-order chi connectivity index (χ1) is 11.4. The van der Waals surface area contributed by atoms with Crippen LogP contribution in [-0.4, -0.2) is 36.3 Å². The number of likely N-dealkylation sites (tertiary alicyclic amines) is 1. The number of nitrogens with one attached hydrogen (secondary N) is 1. The largest absolute Gasteiger partial charge is 0.416 e. The van der Waals surface area contributed by atoms with Gasteiger partial charge in [-0.1, -0.05) is 17.9 Å². The van der Waals surface area contributed by atoms with E-state index in [1.165, 1.54) is 17.0 Å². The van der Waals surface area contributed by atoms with Crippen LogP contribution in [0.15, 0.2) is 24.3 Å². The van der Waals surface area contributed by atoms with Gasteiger partial charge in [-0.25, -0.2) is 0 Å². The van der Waals surface area contributed by atoms with E-state index in [4.69, 9.17) is 0 Å². The highest BCUT2D eigenvalue weighted by molar-refractivity contribution is 5.85. The lowest BCUT2D eigenvalue weighted by molar-refractivity contribution is -0.138. The molecule has 7 heteroatoms. The lowest BCUT2D eigenvalue weighted by Gasteiger charge is -2.25. The zero-order valence-electron chi connectivity index (χ0n) is 12.9. The lowest BCUT2D eigenvalue weighted by Crippen LogP contribution is -2.43. The number of alkyl halides is 3. The molecule has 24 heavy (non-hydrogen) atoms. The molecule has 1 heterocycles. The minimum atomic E-state index is -4.41. The minimum Gasteiger partial charge on any atom is -0.344 e. The SMILES string of the molecule is O=C(CN1CCCCC1=O)NCC#Cc1cccc(C(F)(F)F)c1. The van der Waals surface area contributed by atoms with Crippen molar-refractivity contribution in [1.29, 1.82) is 0 Å². The number of benzene rings is 1. The van der Waals surface area contributed by atoms with Gasteiger partial charge in [0.2, 0.25) is 11.8 Å². The molecule has 1 aliphatic rings. The molecule has 0 radical (unpaired) electrons. The molecule has 0 aliphatic carbocycles. The van der Waals surface area contributed by atoms with Gasteiger partial charge in [0, 0.05) is 18.5 Å². The topological polar surface area (TPSA) is 49.4 Å². The fourth-order valence-corrected chi connectivity index (χ4v) is 2.32. The first-order valence-corrected chi connectivity index (χ1v) is 7.57. The van der Waals surface area contributed by atoms with Crippen LogP contribution in [0.1, 0.15) is 30.4 Å². The monoisotopic (exact) mass is 338 g/mol. The number of carbonyl (C=O) groups excluding carboxylic acids is 2. The van der Waals surface area contributed by atoms with Gasteiger partial charge >= 0.3 is 6.18 Å². The van der Waals surface area contributed by atoms with Crippen LogP contribution in [0.3, 0.4) is 0 Å². The van der Waals surface area contributed by atoms with Crippen molar-refractivity contribution >= 4 is 11.8 Å². The minimum absolute atomic E-state index is 0.00985. The van der Waals surface area contributed by atoms with E-state index in [1.54, 1.807) is 0 Å². The number of piperidine rings is 1. The quantitative estimate of drug-likeness (QED) is 0.859. The van der Waals surface area contributed by atoms with E-state index >= 15 is 0 Å². The molecule has 1 fully saturated rings. The number of hydrogen-bond donors (Lipinski definition) is 1. The predicted molar refractivity (Wildman–Crippen MR) is 81.8 cm³/mol. The zero-order chi connectivity index (χ0) is 17.6. The molecule has 1 aromatic carbocycles. The molecule has 4 nitrogen and oxygen atoms in total. The van der Waals surface area contributed by atoms with E-state index in [0.29, 0.717) is 13.0 Å². The lowest BCUT2D eigenvalue weighted by atomic mass is 10.1. The highest BCUT2D eigenvalue weighted by Gasteiger charge is 2.30. The Kier molecular flexibility index (Phi) is 5.85. The molecule has 0 atom stereocenters. The van der Waals surface area contributed by atoms with Gasteiger partial charge in [-0.2, -0.15) is 13.2 Å². The van der Waals surface area contributed by atoms with Crippen LogP contribution in [0.2, 0.25) is 0 Å². The Morgan fingerprint density at radius 3 is 2.79 bits per heavy atom. The predicted octanol–water partition coefficient (Wildman–Crippen LogP) is 2.19. The van der Waals surface area contributed by atoms with Gasteiger partial charge in [0.15, 0.2) is 0 Å². The average molecular weight is 338 g/mol. The third kappa shape index (κ3) is 5.30. The molecule has 0 saturated carbocycles. The summed E-state index contributed by atoms with van der Waals surface area (Å²) in [5.74, 6) is 4.82. The van der Waals surface area contributed by atoms with Crippen LogP contribution < -0.4 is 5.32 Å². The van der Waals surface area contributed by atoms with Crippen LogP contribution in [0.5, 0.6) is 0 Å². The van der Waals surface area contributed by atoms with Crippen molar-refractivity contribution < 1.29 is 22.8 Å². The number of carbonyl (C=O) groups is 2. The standard InChI is InChI=1S/C17H17F3N2O2/c18-17(19,20)14-7-3-5-13(11-14)6-4-9-21-15(23)12-22-10-2-1-8-16(22)24/h3,5,7,11H,1-2,8-10,12H2,(H,21,23). The van der Waals surface area contributed by atoms with Gasteiger partial charge in [0.25, 0.3) is 0 Å². The second kappa shape index (κ2) is 7.86. The maximum atomic E-state index is 12.6. The summed E-state index contributed by atoms with van der Waals surface area (Å²) < 4.78 is 37.7. The Hall–Kier alpha value is -2.49. The van der Waals surface area contributed by atoms with E-state index in [9.17, 15) is 22.8 Å².